The van der Waals surface area contributed by atoms with Gasteiger partial charge in [-0.1, -0.05) is 50.2 Å². The van der Waals surface area contributed by atoms with Gasteiger partial charge in [0.1, 0.15) is 12.0 Å². The summed E-state index contributed by atoms with van der Waals surface area (Å²) in [4.78, 5) is 4.20. The summed E-state index contributed by atoms with van der Waals surface area (Å²) in [6.45, 7) is 8.11. The van der Waals surface area contributed by atoms with Gasteiger partial charge < -0.3 is 15.2 Å². The van der Waals surface area contributed by atoms with E-state index in [2.05, 4.69) is 65.8 Å². The van der Waals surface area contributed by atoms with Crippen LogP contribution in [0.2, 0.25) is 0 Å². The lowest BCUT2D eigenvalue weighted by molar-refractivity contribution is 0.410. The molecule has 1 heterocycles. The van der Waals surface area contributed by atoms with Crippen molar-refractivity contribution in [2.45, 2.75) is 39.2 Å². The van der Waals surface area contributed by atoms with Crippen LogP contribution < -0.4 is 10.6 Å². The van der Waals surface area contributed by atoms with E-state index in [0.717, 1.165) is 24.6 Å². The molecule has 124 valence electrons. The molecule has 1 aromatic heterocycles. The highest BCUT2D eigenvalue weighted by Gasteiger charge is 2.12. The van der Waals surface area contributed by atoms with Crippen molar-refractivity contribution >= 4 is 5.96 Å². The number of nitrogens with zero attached hydrogens (tertiary/aromatic N) is 2. The van der Waals surface area contributed by atoms with E-state index >= 15 is 0 Å². The van der Waals surface area contributed by atoms with Gasteiger partial charge in [-0.2, -0.15) is 0 Å². The minimum absolute atomic E-state index is 0.198. The third-order valence-corrected chi connectivity index (χ3v) is 3.68. The summed E-state index contributed by atoms with van der Waals surface area (Å²) in [6, 6.07) is 10.7. The van der Waals surface area contributed by atoms with Crippen LogP contribution in [0.5, 0.6) is 0 Å². The molecule has 5 nitrogen and oxygen atoms in total. The molecule has 1 aromatic carbocycles. The monoisotopic (exact) mass is 314 g/mol. The minimum Gasteiger partial charge on any atom is -0.364 e. The first-order chi connectivity index (χ1) is 11.0. The van der Waals surface area contributed by atoms with Crippen molar-refractivity contribution < 1.29 is 4.52 Å². The predicted molar refractivity (Wildman–Crippen MR) is 93.6 cm³/mol. The second-order valence-corrected chi connectivity index (χ2v) is 6.54. The van der Waals surface area contributed by atoms with Crippen LogP contribution in [0.25, 0.3) is 0 Å². The zero-order chi connectivity index (χ0) is 16.7. The van der Waals surface area contributed by atoms with Crippen LogP contribution in [-0.4, -0.2) is 24.7 Å². The molecule has 2 rings (SSSR count). The summed E-state index contributed by atoms with van der Waals surface area (Å²) in [5.41, 5.74) is 3.73. The van der Waals surface area contributed by atoms with Crippen molar-refractivity contribution in [2.24, 2.45) is 4.99 Å². The summed E-state index contributed by atoms with van der Waals surface area (Å²) < 4.78 is 4.80. The van der Waals surface area contributed by atoms with E-state index in [1.165, 1.54) is 11.1 Å². The molecule has 0 aliphatic carbocycles. The first kappa shape index (κ1) is 17.1. The fourth-order valence-electron chi connectivity index (χ4n) is 2.22. The lowest BCUT2D eigenvalue weighted by Crippen LogP contribution is -2.37. The standard InChI is InChI=1S/C18H26N4O/c1-18(2,3)15-7-5-14(6-8-15)9-11-20-17(19-4)21-13-16-10-12-23-22-16/h5-8,10,12H,9,11,13H2,1-4H3,(H2,19,20,21). The highest BCUT2D eigenvalue weighted by Crippen LogP contribution is 2.22. The van der Waals surface area contributed by atoms with Crippen LogP contribution in [-0.2, 0) is 18.4 Å². The minimum atomic E-state index is 0.198. The van der Waals surface area contributed by atoms with E-state index in [0.29, 0.717) is 6.54 Å². The molecule has 0 aliphatic heterocycles. The maximum Gasteiger partial charge on any atom is 0.191 e. The molecule has 2 N–H and O–H groups in total. The average Bonchev–Trinajstić information content (AvgIpc) is 3.03. The van der Waals surface area contributed by atoms with E-state index in [-0.39, 0.29) is 5.41 Å². The normalized spacial score (nSPS) is 12.3. The van der Waals surface area contributed by atoms with Gasteiger partial charge in [-0.3, -0.25) is 4.99 Å². The topological polar surface area (TPSA) is 62.5 Å². The predicted octanol–water partition coefficient (Wildman–Crippen LogP) is 2.88. The van der Waals surface area contributed by atoms with Gasteiger partial charge in [-0.15, -0.1) is 0 Å². The Morgan fingerprint density at radius 1 is 1.13 bits per heavy atom. The number of guanidine groups is 1. The van der Waals surface area contributed by atoms with Crippen molar-refractivity contribution in [3.05, 3.63) is 53.4 Å². The van der Waals surface area contributed by atoms with E-state index in [1.807, 2.05) is 6.07 Å². The van der Waals surface area contributed by atoms with Crippen LogP contribution >= 0.6 is 0 Å². The Labute approximate surface area is 138 Å². The van der Waals surface area contributed by atoms with E-state index in [4.69, 9.17) is 4.52 Å². The average molecular weight is 314 g/mol. The van der Waals surface area contributed by atoms with Crippen molar-refractivity contribution in [1.29, 1.82) is 0 Å². The molecule has 0 fully saturated rings. The second kappa shape index (κ2) is 7.81. The first-order valence-electron chi connectivity index (χ1n) is 7.92. The molecule has 0 unspecified atom stereocenters. The smallest absolute Gasteiger partial charge is 0.191 e. The molecule has 0 radical (unpaired) electrons. The Morgan fingerprint density at radius 2 is 1.87 bits per heavy atom. The van der Waals surface area contributed by atoms with Gasteiger partial charge in [0.15, 0.2) is 5.96 Å². The summed E-state index contributed by atoms with van der Waals surface area (Å²) in [5.74, 6) is 0.763. The molecular formula is C18H26N4O. The van der Waals surface area contributed by atoms with Crippen molar-refractivity contribution in [3.8, 4) is 0 Å². The zero-order valence-corrected chi connectivity index (χ0v) is 14.4. The number of aromatic nitrogens is 1. The summed E-state index contributed by atoms with van der Waals surface area (Å²) >= 11 is 0. The van der Waals surface area contributed by atoms with Gasteiger partial charge >= 0.3 is 0 Å². The SMILES string of the molecule is CN=C(NCCc1ccc(C(C)(C)C)cc1)NCc1ccon1. The van der Waals surface area contributed by atoms with Crippen LogP contribution in [0.15, 0.2) is 46.1 Å². The van der Waals surface area contributed by atoms with Crippen LogP contribution in [0.1, 0.15) is 37.6 Å². The molecule has 0 saturated heterocycles. The van der Waals surface area contributed by atoms with E-state index in [9.17, 15) is 0 Å². The molecule has 23 heavy (non-hydrogen) atoms. The van der Waals surface area contributed by atoms with Gasteiger partial charge in [0.25, 0.3) is 0 Å². The highest BCUT2D eigenvalue weighted by molar-refractivity contribution is 5.79. The van der Waals surface area contributed by atoms with Gasteiger partial charge in [0, 0.05) is 19.7 Å². The largest absolute Gasteiger partial charge is 0.364 e. The third-order valence-electron chi connectivity index (χ3n) is 3.68. The Balaban J connectivity index is 1.76. The maximum absolute atomic E-state index is 4.80. The number of aliphatic imine (C=N–C) groups is 1. The third kappa shape index (κ3) is 5.43. The fourth-order valence-corrected chi connectivity index (χ4v) is 2.22. The van der Waals surface area contributed by atoms with Crippen LogP contribution in [0, 0.1) is 0 Å². The van der Waals surface area contributed by atoms with Gasteiger partial charge in [-0.05, 0) is 23.0 Å². The lowest BCUT2D eigenvalue weighted by atomic mass is 9.86. The zero-order valence-electron chi connectivity index (χ0n) is 14.4. The maximum atomic E-state index is 4.80. The Hall–Kier alpha value is -2.30. The summed E-state index contributed by atoms with van der Waals surface area (Å²) in [7, 11) is 1.76. The number of benzene rings is 1. The first-order valence-corrected chi connectivity index (χ1v) is 7.92. The lowest BCUT2D eigenvalue weighted by Gasteiger charge is -2.19. The molecule has 0 spiro atoms. The highest BCUT2D eigenvalue weighted by atomic mass is 16.5. The number of hydrogen-bond acceptors (Lipinski definition) is 3. The van der Waals surface area contributed by atoms with Crippen LogP contribution in [0.4, 0.5) is 0 Å². The second-order valence-electron chi connectivity index (χ2n) is 6.54. The Morgan fingerprint density at radius 3 is 2.43 bits per heavy atom. The molecule has 5 heteroatoms. The Kier molecular flexibility index (Phi) is 5.79. The van der Waals surface area contributed by atoms with Crippen molar-refractivity contribution in [1.82, 2.24) is 15.8 Å². The number of hydrogen-bond donors (Lipinski definition) is 2. The molecule has 2 aromatic rings. The van der Waals surface area contributed by atoms with Crippen molar-refractivity contribution in [3.63, 3.8) is 0 Å². The van der Waals surface area contributed by atoms with Crippen molar-refractivity contribution in [2.75, 3.05) is 13.6 Å². The Bertz CT molecular complexity index is 609. The van der Waals surface area contributed by atoms with Gasteiger partial charge in [0.05, 0.1) is 6.54 Å². The van der Waals surface area contributed by atoms with E-state index in [1.54, 1.807) is 13.3 Å². The van der Waals surface area contributed by atoms with Gasteiger partial charge in [0.2, 0.25) is 0 Å². The summed E-state index contributed by atoms with van der Waals surface area (Å²) in [5, 5.41) is 10.4. The number of nitrogens with one attached hydrogen (secondary N) is 2. The van der Waals surface area contributed by atoms with Gasteiger partial charge in [-0.25, -0.2) is 0 Å². The number of rotatable bonds is 5. The van der Waals surface area contributed by atoms with Crippen LogP contribution in [0.3, 0.4) is 0 Å². The molecule has 0 amide bonds. The molecule has 0 atom stereocenters. The molecule has 0 bridgehead atoms. The molecule has 0 aliphatic rings. The molecular weight excluding hydrogens is 288 g/mol. The quantitative estimate of drug-likeness (QED) is 0.658. The fraction of sp³-hybridized carbons (Fsp3) is 0.444. The van der Waals surface area contributed by atoms with E-state index < -0.39 is 0 Å². The summed E-state index contributed by atoms with van der Waals surface area (Å²) in [6.07, 6.45) is 2.52. The molecule has 0 saturated carbocycles.